The quantitative estimate of drug-likeness (QED) is 0.650. The third-order valence-electron chi connectivity index (χ3n) is 3.15. The number of ether oxygens (including phenoxy) is 1. The largest absolute Gasteiger partial charge is 0.473 e. The van der Waals surface area contributed by atoms with E-state index in [1.807, 2.05) is 0 Å². The van der Waals surface area contributed by atoms with Crippen LogP contribution < -0.4 is 4.74 Å². The minimum absolute atomic E-state index is 0.182. The van der Waals surface area contributed by atoms with Crippen LogP contribution in [0.4, 0.5) is 13.2 Å². The molecule has 1 atom stereocenters. The molecule has 0 spiro atoms. The van der Waals surface area contributed by atoms with Gasteiger partial charge in [-0.25, -0.2) is 0 Å². The Morgan fingerprint density at radius 3 is 2.58 bits per heavy atom. The number of halogens is 5. The maximum absolute atomic E-state index is 13.1. The Labute approximate surface area is 122 Å². The maximum atomic E-state index is 13.1. The molecule has 0 aliphatic carbocycles. The lowest BCUT2D eigenvalue weighted by atomic mass is 9.94. The van der Waals surface area contributed by atoms with Crippen molar-refractivity contribution in [2.75, 3.05) is 0 Å². The van der Waals surface area contributed by atoms with Gasteiger partial charge in [0, 0.05) is 15.9 Å². The lowest BCUT2D eigenvalue weighted by molar-refractivity contribution is -0.230. The molecule has 1 nitrogen and oxygen atoms in total. The first kappa shape index (κ1) is 14.7. The van der Waals surface area contributed by atoms with Gasteiger partial charge in [-0.05, 0) is 30.2 Å². The van der Waals surface area contributed by atoms with Gasteiger partial charge < -0.3 is 4.74 Å². The fourth-order valence-electron chi connectivity index (χ4n) is 1.93. The molecule has 1 aromatic rings. The molecule has 1 aliphatic heterocycles. The van der Waals surface area contributed by atoms with Gasteiger partial charge in [0.2, 0.25) is 5.60 Å². The molecule has 1 aliphatic rings. The van der Waals surface area contributed by atoms with E-state index in [9.17, 15) is 13.2 Å². The predicted octanol–water partition coefficient (Wildman–Crippen LogP) is 5.35. The summed E-state index contributed by atoms with van der Waals surface area (Å²) in [5, 5.41) is 0.956. The van der Waals surface area contributed by atoms with Crippen LogP contribution in [0.5, 0.6) is 5.75 Å². The fraction of sp³-hybridized carbons (Fsp3) is 0.385. The number of hydrogen-bond acceptors (Lipinski definition) is 1. The molecule has 0 aromatic heterocycles. The molecule has 0 fully saturated rings. The molecule has 0 saturated carbocycles. The Morgan fingerprint density at radius 1 is 1.37 bits per heavy atom. The van der Waals surface area contributed by atoms with E-state index >= 15 is 0 Å². The number of rotatable bonds is 2. The van der Waals surface area contributed by atoms with Crippen LogP contribution >= 0.6 is 27.5 Å². The van der Waals surface area contributed by atoms with E-state index in [0.717, 1.165) is 6.08 Å². The summed E-state index contributed by atoms with van der Waals surface area (Å²) in [6, 6.07) is 3.16. The lowest BCUT2D eigenvalue weighted by Crippen LogP contribution is -2.49. The lowest BCUT2D eigenvalue weighted by Gasteiger charge is -2.35. The average molecular weight is 356 g/mol. The van der Waals surface area contributed by atoms with E-state index in [2.05, 4.69) is 15.9 Å². The first-order valence-corrected chi connectivity index (χ1v) is 7.16. The highest BCUT2D eigenvalue weighted by molar-refractivity contribution is 9.08. The molecule has 0 amide bonds. The highest BCUT2D eigenvalue weighted by Crippen LogP contribution is 2.44. The first-order chi connectivity index (χ1) is 8.83. The van der Waals surface area contributed by atoms with Crippen LogP contribution in [0.25, 0.3) is 6.08 Å². The van der Waals surface area contributed by atoms with Crippen LogP contribution in [-0.4, -0.2) is 11.8 Å². The van der Waals surface area contributed by atoms with Crippen molar-refractivity contribution in [3.8, 4) is 5.75 Å². The topological polar surface area (TPSA) is 9.23 Å². The van der Waals surface area contributed by atoms with Crippen LogP contribution in [0.3, 0.4) is 0 Å². The van der Waals surface area contributed by atoms with Crippen molar-refractivity contribution in [2.45, 2.75) is 30.5 Å². The smallest absolute Gasteiger partial charge is 0.432 e. The summed E-state index contributed by atoms with van der Waals surface area (Å²) in [7, 11) is 0. The molecule has 104 valence electrons. The Balaban J connectivity index is 2.49. The number of benzene rings is 1. The number of alkyl halides is 4. The Morgan fingerprint density at radius 2 is 2.05 bits per heavy atom. The standard InChI is InChI=1S/C13H11BrClF3O/c1-2-12(13(16,17)18)4-3-8-5-10(15)9(7-14)6-11(8)19-12/h3-6H,2,7H2,1H3. The van der Waals surface area contributed by atoms with E-state index in [1.54, 1.807) is 12.1 Å². The zero-order valence-electron chi connectivity index (χ0n) is 10.0. The van der Waals surface area contributed by atoms with E-state index in [0.29, 0.717) is 21.5 Å². The third kappa shape index (κ3) is 2.50. The third-order valence-corrected chi connectivity index (χ3v) is 4.11. The van der Waals surface area contributed by atoms with Gasteiger partial charge in [0.25, 0.3) is 0 Å². The van der Waals surface area contributed by atoms with Gasteiger partial charge in [-0.1, -0.05) is 40.5 Å². The number of fused-ring (bicyclic) bond motifs is 1. The van der Waals surface area contributed by atoms with Crippen molar-refractivity contribution in [1.29, 1.82) is 0 Å². The predicted molar refractivity (Wildman–Crippen MR) is 72.8 cm³/mol. The normalized spacial score (nSPS) is 22.0. The van der Waals surface area contributed by atoms with E-state index in [1.165, 1.54) is 13.0 Å². The van der Waals surface area contributed by atoms with Crippen molar-refractivity contribution in [1.82, 2.24) is 0 Å². The fourth-order valence-corrected chi connectivity index (χ4v) is 2.79. The molecule has 1 unspecified atom stereocenters. The van der Waals surface area contributed by atoms with Crippen LogP contribution in [-0.2, 0) is 5.33 Å². The van der Waals surface area contributed by atoms with E-state index in [4.69, 9.17) is 16.3 Å². The van der Waals surface area contributed by atoms with Crippen molar-refractivity contribution < 1.29 is 17.9 Å². The molecule has 1 aromatic carbocycles. The van der Waals surface area contributed by atoms with Crippen molar-refractivity contribution >= 4 is 33.6 Å². The molecule has 6 heteroatoms. The minimum atomic E-state index is -4.45. The van der Waals surface area contributed by atoms with Gasteiger partial charge in [-0.3, -0.25) is 0 Å². The Kier molecular flexibility index (Phi) is 3.89. The minimum Gasteiger partial charge on any atom is -0.473 e. The van der Waals surface area contributed by atoms with Gasteiger partial charge >= 0.3 is 6.18 Å². The molecule has 0 bridgehead atoms. The highest BCUT2D eigenvalue weighted by atomic mass is 79.9. The second-order valence-electron chi connectivity index (χ2n) is 4.29. The van der Waals surface area contributed by atoms with Gasteiger partial charge in [0.1, 0.15) is 5.75 Å². The van der Waals surface area contributed by atoms with Crippen molar-refractivity contribution in [2.24, 2.45) is 0 Å². The molecule has 2 rings (SSSR count). The van der Waals surface area contributed by atoms with Crippen molar-refractivity contribution in [3.63, 3.8) is 0 Å². The molecule has 0 radical (unpaired) electrons. The van der Waals surface area contributed by atoms with E-state index < -0.39 is 11.8 Å². The Bertz CT molecular complexity index is 527. The molecule has 1 heterocycles. The molecule has 19 heavy (non-hydrogen) atoms. The summed E-state index contributed by atoms with van der Waals surface area (Å²) >= 11 is 9.26. The number of hydrogen-bond donors (Lipinski definition) is 0. The van der Waals surface area contributed by atoms with Gasteiger partial charge in [0.15, 0.2) is 0 Å². The summed E-state index contributed by atoms with van der Waals surface area (Å²) < 4.78 is 44.7. The molecule has 0 N–H and O–H groups in total. The summed E-state index contributed by atoms with van der Waals surface area (Å²) in [5.41, 5.74) is -0.997. The van der Waals surface area contributed by atoms with Crippen LogP contribution in [0.15, 0.2) is 18.2 Å². The van der Waals surface area contributed by atoms with Crippen LogP contribution in [0, 0.1) is 0 Å². The molecular weight excluding hydrogens is 344 g/mol. The molecular formula is C13H11BrClF3O. The van der Waals surface area contributed by atoms with Gasteiger partial charge in [-0.2, -0.15) is 13.2 Å². The average Bonchev–Trinajstić information content (AvgIpc) is 2.36. The summed E-state index contributed by atoms with van der Waals surface area (Å²) in [6.07, 6.45) is -2.16. The summed E-state index contributed by atoms with van der Waals surface area (Å²) in [4.78, 5) is 0. The second kappa shape index (κ2) is 5.02. The SMILES string of the molecule is CCC1(C(F)(F)F)C=Cc2cc(Cl)c(CBr)cc2O1. The zero-order valence-corrected chi connectivity index (χ0v) is 12.4. The Hall–Kier alpha value is -0.680. The molecule has 0 saturated heterocycles. The second-order valence-corrected chi connectivity index (χ2v) is 5.26. The monoisotopic (exact) mass is 354 g/mol. The van der Waals surface area contributed by atoms with E-state index in [-0.39, 0.29) is 12.2 Å². The van der Waals surface area contributed by atoms with Crippen LogP contribution in [0.1, 0.15) is 24.5 Å². The van der Waals surface area contributed by atoms with Gasteiger partial charge in [-0.15, -0.1) is 0 Å². The summed E-state index contributed by atoms with van der Waals surface area (Å²) in [5.74, 6) is 0.209. The zero-order chi connectivity index (χ0) is 14.3. The maximum Gasteiger partial charge on any atom is 0.432 e. The van der Waals surface area contributed by atoms with Crippen molar-refractivity contribution in [3.05, 3.63) is 34.4 Å². The van der Waals surface area contributed by atoms with Crippen LogP contribution in [0.2, 0.25) is 5.02 Å². The van der Waals surface area contributed by atoms with Gasteiger partial charge in [0.05, 0.1) is 0 Å². The summed E-state index contributed by atoms with van der Waals surface area (Å²) in [6.45, 7) is 1.45. The highest BCUT2D eigenvalue weighted by Gasteiger charge is 2.55. The first-order valence-electron chi connectivity index (χ1n) is 5.66.